The van der Waals surface area contributed by atoms with Gasteiger partial charge in [0.15, 0.2) is 11.5 Å². The van der Waals surface area contributed by atoms with Crippen LogP contribution in [0, 0.1) is 11.3 Å². The molecule has 1 aliphatic heterocycles. The molecule has 0 N–H and O–H groups in total. The van der Waals surface area contributed by atoms with Gasteiger partial charge in [-0.1, -0.05) is 29.8 Å². The van der Waals surface area contributed by atoms with E-state index in [0.717, 1.165) is 10.5 Å². The normalized spacial score (nSPS) is 14.5. The van der Waals surface area contributed by atoms with Crippen molar-refractivity contribution in [2.24, 2.45) is 0 Å². The molecule has 3 rings (SSSR count). The molecule has 2 aromatic carbocycles. The Morgan fingerprint density at radius 3 is 2.45 bits per heavy atom. The predicted octanol–water partition coefficient (Wildman–Crippen LogP) is 4.10. The quantitative estimate of drug-likeness (QED) is 0.182. The number of nitrogens with zero attached hydrogens (tertiary/aromatic N) is 2. The predicted molar refractivity (Wildman–Crippen MR) is 139 cm³/mol. The van der Waals surface area contributed by atoms with Crippen LogP contribution in [0.1, 0.15) is 25.0 Å². The molecule has 0 bridgehead atoms. The molecule has 1 heterocycles. The standard InChI is InChI=1S/C28H27ClN2O7/c1-18-23(27(33)31(28(34)24(18)16-30)10-11-36-12-13-37-19(2)32)14-21-6-9-25(26(15-21)35-3)38-17-20-4-7-22(29)8-5-20/h4-9,14-15H,10-13,17H2,1-3H3/b23-14+. The minimum absolute atomic E-state index is 0.0251. The number of carbonyl (C=O) groups excluding carboxylic acids is 3. The minimum Gasteiger partial charge on any atom is -0.493 e. The Hall–Kier alpha value is -4.13. The van der Waals surface area contributed by atoms with Crippen LogP contribution in [0.2, 0.25) is 5.02 Å². The van der Waals surface area contributed by atoms with Crippen LogP contribution >= 0.6 is 11.6 Å². The Morgan fingerprint density at radius 1 is 1.05 bits per heavy atom. The fraction of sp³-hybridized carbons (Fsp3) is 0.286. The summed E-state index contributed by atoms with van der Waals surface area (Å²) >= 11 is 5.93. The Bertz CT molecular complexity index is 1310. The van der Waals surface area contributed by atoms with Crippen LogP contribution in [0.15, 0.2) is 59.2 Å². The van der Waals surface area contributed by atoms with Crippen LogP contribution < -0.4 is 9.47 Å². The maximum absolute atomic E-state index is 13.2. The monoisotopic (exact) mass is 538 g/mol. The second-order valence-corrected chi connectivity index (χ2v) is 8.65. The third-order valence-corrected chi connectivity index (χ3v) is 5.88. The molecule has 2 aromatic rings. The molecule has 9 nitrogen and oxygen atoms in total. The topological polar surface area (TPSA) is 115 Å². The number of hydrogen-bond donors (Lipinski definition) is 0. The molecule has 0 fully saturated rings. The smallest absolute Gasteiger partial charge is 0.302 e. The molecule has 10 heteroatoms. The van der Waals surface area contributed by atoms with Gasteiger partial charge in [-0.15, -0.1) is 0 Å². The number of amides is 2. The van der Waals surface area contributed by atoms with Gasteiger partial charge < -0.3 is 18.9 Å². The van der Waals surface area contributed by atoms with E-state index in [1.807, 2.05) is 18.2 Å². The maximum Gasteiger partial charge on any atom is 0.302 e. The number of nitriles is 1. The summed E-state index contributed by atoms with van der Waals surface area (Å²) in [6.07, 6.45) is 1.60. The van der Waals surface area contributed by atoms with Crippen molar-refractivity contribution < 1.29 is 33.3 Å². The molecule has 0 aromatic heterocycles. The van der Waals surface area contributed by atoms with Gasteiger partial charge in [0, 0.05) is 17.5 Å². The lowest BCUT2D eigenvalue weighted by Gasteiger charge is -2.27. The number of carbonyl (C=O) groups is 3. The molecule has 0 spiro atoms. The maximum atomic E-state index is 13.2. The molecular formula is C28H27ClN2O7. The van der Waals surface area contributed by atoms with E-state index < -0.39 is 17.8 Å². The number of ether oxygens (including phenoxy) is 4. The Balaban J connectivity index is 1.77. The van der Waals surface area contributed by atoms with E-state index in [2.05, 4.69) is 0 Å². The summed E-state index contributed by atoms with van der Waals surface area (Å²) in [5.74, 6) is -0.696. The lowest BCUT2D eigenvalue weighted by atomic mass is 9.93. The molecule has 0 saturated carbocycles. The van der Waals surface area contributed by atoms with Crippen LogP contribution in [0.25, 0.3) is 6.08 Å². The number of halogens is 1. The lowest BCUT2D eigenvalue weighted by Crippen LogP contribution is -2.44. The van der Waals surface area contributed by atoms with Crippen LogP contribution in [-0.4, -0.2) is 56.2 Å². The van der Waals surface area contributed by atoms with E-state index >= 15 is 0 Å². The zero-order valence-electron chi connectivity index (χ0n) is 21.3. The summed E-state index contributed by atoms with van der Waals surface area (Å²) in [6.45, 7) is 3.30. The molecule has 2 amide bonds. The van der Waals surface area contributed by atoms with Gasteiger partial charge in [0.25, 0.3) is 11.8 Å². The van der Waals surface area contributed by atoms with Crippen LogP contribution in [-0.2, 0) is 30.5 Å². The first-order valence-corrected chi connectivity index (χ1v) is 12.1. The van der Waals surface area contributed by atoms with E-state index in [1.54, 1.807) is 43.3 Å². The Labute approximate surface area is 225 Å². The van der Waals surface area contributed by atoms with Gasteiger partial charge in [-0.05, 0) is 54.0 Å². The van der Waals surface area contributed by atoms with E-state index in [9.17, 15) is 19.6 Å². The first-order valence-electron chi connectivity index (χ1n) is 11.7. The summed E-state index contributed by atoms with van der Waals surface area (Å²) < 4.78 is 21.5. The molecule has 38 heavy (non-hydrogen) atoms. The van der Waals surface area contributed by atoms with Crippen molar-refractivity contribution >= 4 is 35.5 Å². The average Bonchev–Trinajstić information content (AvgIpc) is 2.90. The van der Waals surface area contributed by atoms with Crippen molar-refractivity contribution in [2.45, 2.75) is 20.5 Å². The number of esters is 1. The van der Waals surface area contributed by atoms with Crippen molar-refractivity contribution in [1.82, 2.24) is 4.90 Å². The second kappa shape index (κ2) is 13.4. The molecule has 0 unspecified atom stereocenters. The minimum atomic E-state index is -0.681. The molecule has 0 aliphatic carbocycles. The fourth-order valence-electron chi connectivity index (χ4n) is 3.64. The third-order valence-electron chi connectivity index (χ3n) is 5.62. The highest BCUT2D eigenvalue weighted by Crippen LogP contribution is 2.32. The molecule has 198 valence electrons. The highest BCUT2D eigenvalue weighted by molar-refractivity contribution is 6.30. The number of hydrogen-bond acceptors (Lipinski definition) is 8. The first-order chi connectivity index (χ1) is 18.2. The van der Waals surface area contributed by atoms with E-state index in [-0.39, 0.29) is 43.1 Å². The van der Waals surface area contributed by atoms with Gasteiger partial charge in [-0.25, -0.2) is 0 Å². The van der Waals surface area contributed by atoms with Crippen molar-refractivity contribution in [3.05, 3.63) is 75.3 Å². The summed E-state index contributed by atoms with van der Waals surface area (Å²) in [5.41, 5.74) is 1.92. The number of methoxy groups -OCH3 is 1. The van der Waals surface area contributed by atoms with Crippen molar-refractivity contribution in [1.29, 1.82) is 5.26 Å². The zero-order valence-corrected chi connectivity index (χ0v) is 22.0. The molecule has 0 saturated heterocycles. The number of imide groups is 1. The molecule has 1 aliphatic rings. The van der Waals surface area contributed by atoms with Crippen molar-refractivity contribution in [2.75, 3.05) is 33.5 Å². The Kier molecular flexibility index (Phi) is 10.0. The van der Waals surface area contributed by atoms with Gasteiger partial charge in [0.05, 0.1) is 26.9 Å². The summed E-state index contributed by atoms with van der Waals surface area (Å²) in [7, 11) is 1.51. The van der Waals surface area contributed by atoms with Crippen LogP contribution in [0.5, 0.6) is 11.5 Å². The van der Waals surface area contributed by atoms with Crippen molar-refractivity contribution in [3.63, 3.8) is 0 Å². The van der Waals surface area contributed by atoms with Gasteiger partial charge in [0.1, 0.15) is 24.9 Å². The third kappa shape index (κ3) is 7.22. The molecule has 0 radical (unpaired) electrons. The summed E-state index contributed by atoms with van der Waals surface area (Å²) in [4.78, 5) is 37.8. The van der Waals surface area contributed by atoms with Gasteiger partial charge in [-0.2, -0.15) is 5.26 Å². The van der Waals surface area contributed by atoms with Crippen molar-refractivity contribution in [3.8, 4) is 17.6 Å². The van der Waals surface area contributed by atoms with Crippen LogP contribution in [0.4, 0.5) is 0 Å². The average molecular weight is 539 g/mol. The summed E-state index contributed by atoms with van der Waals surface area (Å²) in [5, 5.41) is 10.2. The van der Waals surface area contributed by atoms with E-state index in [1.165, 1.54) is 14.0 Å². The number of benzene rings is 2. The highest BCUT2D eigenvalue weighted by Gasteiger charge is 2.35. The number of rotatable bonds is 11. The van der Waals surface area contributed by atoms with Gasteiger partial charge in [0.2, 0.25) is 0 Å². The van der Waals surface area contributed by atoms with E-state index in [0.29, 0.717) is 28.7 Å². The van der Waals surface area contributed by atoms with Crippen LogP contribution in [0.3, 0.4) is 0 Å². The van der Waals surface area contributed by atoms with Gasteiger partial charge >= 0.3 is 5.97 Å². The van der Waals surface area contributed by atoms with Gasteiger partial charge in [-0.3, -0.25) is 19.3 Å². The van der Waals surface area contributed by atoms with E-state index in [4.69, 9.17) is 30.5 Å². The molecular weight excluding hydrogens is 512 g/mol. The summed E-state index contributed by atoms with van der Waals surface area (Å²) in [6, 6.07) is 14.4. The Morgan fingerprint density at radius 2 is 1.79 bits per heavy atom. The first kappa shape index (κ1) is 28.4. The largest absolute Gasteiger partial charge is 0.493 e. The second-order valence-electron chi connectivity index (χ2n) is 8.21. The molecule has 0 atom stereocenters. The highest BCUT2D eigenvalue weighted by atomic mass is 35.5. The SMILES string of the molecule is COc1cc(/C=C2/C(=O)N(CCOCCOC(C)=O)C(=O)C(C#N)=C2C)ccc1OCc1ccc(Cl)cc1. The zero-order chi connectivity index (χ0) is 27.7. The lowest BCUT2D eigenvalue weighted by molar-refractivity contribution is -0.142. The fourth-order valence-corrected chi connectivity index (χ4v) is 3.76.